The molecule has 1 heterocycles. The molecule has 3 N–H and O–H groups in total. The number of halogens is 1. The quantitative estimate of drug-likeness (QED) is 0.428. The Morgan fingerprint density at radius 1 is 1.16 bits per heavy atom. The monoisotopic (exact) mass is 473 g/mol. The Morgan fingerprint density at radius 3 is 2.62 bits per heavy atom. The average molecular weight is 474 g/mol. The molecule has 9 nitrogen and oxygen atoms in total. The Morgan fingerprint density at radius 2 is 1.91 bits per heavy atom. The zero-order valence-corrected chi connectivity index (χ0v) is 18.8. The van der Waals surface area contributed by atoms with Crippen molar-refractivity contribution in [3.63, 3.8) is 0 Å². The van der Waals surface area contributed by atoms with Crippen molar-refractivity contribution in [1.82, 2.24) is 20.1 Å². The number of nitrogens with zero attached hydrogens (tertiary/aromatic N) is 3. The minimum Gasteiger partial charge on any atom is -0.478 e. The maximum absolute atomic E-state index is 12.5. The Labute approximate surface area is 193 Å². The van der Waals surface area contributed by atoms with Gasteiger partial charge < -0.3 is 20.3 Å². The van der Waals surface area contributed by atoms with Crippen LogP contribution in [0.4, 0.5) is 5.69 Å². The van der Waals surface area contributed by atoms with Crippen LogP contribution in [0, 0.1) is 0 Å². The number of aromatic carboxylic acids is 1. The smallest absolute Gasteiger partial charge is 0.335 e. The second-order valence-corrected chi connectivity index (χ2v) is 8.15. The van der Waals surface area contributed by atoms with Crippen LogP contribution in [0.1, 0.15) is 39.5 Å². The molecule has 32 heavy (non-hydrogen) atoms. The summed E-state index contributed by atoms with van der Waals surface area (Å²) in [6.45, 7) is 1.77. The van der Waals surface area contributed by atoms with E-state index >= 15 is 0 Å². The molecule has 0 saturated heterocycles. The molecule has 11 heteroatoms. The molecule has 0 radical (unpaired) electrons. The van der Waals surface area contributed by atoms with Crippen LogP contribution in [-0.2, 0) is 11.8 Å². The molecule has 0 spiro atoms. The van der Waals surface area contributed by atoms with Crippen molar-refractivity contribution < 1.29 is 19.5 Å². The van der Waals surface area contributed by atoms with E-state index < -0.39 is 12.0 Å². The van der Waals surface area contributed by atoms with E-state index in [0.29, 0.717) is 27.3 Å². The molecule has 0 saturated carbocycles. The van der Waals surface area contributed by atoms with Gasteiger partial charge in [0.25, 0.3) is 5.91 Å². The number of hydrogen-bond donors (Lipinski definition) is 3. The fraction of sp³-hybridized carbons (Fsp3) is 0.190. The summed E-state index contributed by atoms with van der Waals surface area (Å²) in [6, 6.07) is 12.3. The summed E-state index contributed by atoms with van der Waals surface area (Å²) >= 11 is 7.24. The number of aromatic nitrogens is 3. The number of nitrogens with one attached hydrogen (secondary N) is 2. The molecule has 166 valence electrons. The van der Waals surface area contributed by atoms with Crippen LogP contribution in [0.3, 0.4) is 0 Å². The first kappa shape index (κ1) is 23.3. The summed E-state index contributed by atoms with van der Waals surface area (Å²) in [5, 5.41) is 23.6. The molecule has 0 aliphatic heterocycles. The SMILES string of the molecule is C[C@@H](NC(=O)c1ccccc1Cl)c1nnc(SCC(=O)Nc2cccc(C(=O)O)c2)n1C. The summed E-state index contributed by atoms with van der Waals surface area (Å²) in [5.41, 5.74) is 0.840. The number of carboxylic acids is 1. The number of benzene rings is 2. The Hall–Kier alpha value is -3.37. The van der Waals surface area contributed by atoms with Gasteiger partial charge in [-0.15, -0.1) is 10.2 Å². The van der Waals surface area contributed by atoms with Crippen LogP contribution in [0.25, 0.3) is 0 Å². The number of hydrogen-bond acceptors (Lipinski definition) is 6. The van der Waals surface area contributed by atoms with E-state index in [1.54, 1.807) is 54.9 Å². The largest absolute Gasteiger partial charge is 0.478 e. The van der Waals surface area contributed by atoms with Gasteiger partial charge in [-0.1, -0.05) is 41.6 Å². The lowest BCUT2D eigenvalue weighted by atomic mass is 10.2. The van der Waals surface area contributed by atoms with Crippen molar-refractivity contribution >= 4 is 46.8 Å². The van der Waals surface area contributed by atoms with Gasteiger partial charge in [0.15, 0.2) is 11.0 Å². The van der Waals surface area contributed by atoms with Crippen molar-refractivity contribution in [1.29, 1.82) is 0 Å². The number of thioether (sulfide) groups is 1. The van der Waals surface area contributed by atoms with Gasteiger partial charge in [-0.2, -0.15) is 0 Å². The second kappa shape index (κ2) is 10.3. The van der Waals surface area contributed by atoms with Gasteiger partial charge in [-0.3, -0.25) is 9.59 Å². The topological polar surface area (TPSA) is 126 Å². The maximum atomic E-state index is 12.5. The van der Waals surface area contributed by atoms with Crippen molar-refractivity contribution in [2.75, 3.05) is 11.1 Å². The van der Waals surface area contributed by atoms with Crippen LogP contribution >= 0.6 is 23.4 Å². The van der Waals surface area contributed by atoms with Crippen molar-refractivity contribution in [3.8, 4) is 0 Å². The van der Waals surface area contributed by atoms with E-state index in [0.717, 1.165) is 0 Å². The fourth-order valence-electron chi connectivity index (χ4n) is 2.87. The number of carbonyl (C=O) groups excluding carboxylic acids is 2. The fourth-order valence-corrected chi connectivity index (χ4v) is 3.81. The molecule has 2 amide bonds. The summed E-state index contributed by atoms with van der Waals surface area (Å²) in [6.07, 6.45) is 0. The van der Waals surface area contributed by atoms with E-state index in [9.17, 15) is 14.4 Å². The summed E-state index contributed by atoms with van der Waals surface area (Å²) in [5.74, 6) is -1.16. The molecule has 1 aromatic heterocycles. The molecule has 0 bridgehead atoms. The third-order valence-electron chi connectivity index (χ3n) is 4.45. The van der Waals surface area contributed by atoms with Gasteiger partial charge in [-0.25, -0.2) is 4.79 Å². The number of rotatable bonds is 8. The zero-order chi connectivity index (χ0) is 23.3. The van der Waals surface area contributed by atoms with Gasteiger partial charge in [0, 0.05) is 12.7 Å². The molecule has 3 rings (SSSR count). The Balaban J connectivity index is 1.59. The zero-order valence-electron chi connectivity index (χ0n) is 17.2. The number of anilines is 1. The van der Waals surface area contributed by atoms with Crippen molar-refractivity contribution in [3.05, 3.63) is 70.5 Å². The molecule has 0 fully saturated rings. The number of carbonyl (C=O) groups is 3. The average Bonchev–Trinajstić information content (AvgIpc) is 3.13. The molecule has 3 aromatic rings. The van der Waals surface area contributed by atoms with Crippen LogP contribution in [0.2, 0.25) is 5.02 Å². The highest BCUT2D eigenvalue weighted by Crippen LogP contribution is 2.21. The van der Waals surface area contributed by atoms with Crippen LogP contribution in [0.15, 0.2) is 53.7 Å². The standard InChI is InChI=1S/C21H20ClN5O4S/c1-12(23-19(29)15-8-3-4-9-16(15)22)18-25-26-21(27(18)2)32-11-17(28)24-14-7-5-6-13(10-14)20(30)31/h3-10,12H,11H2,1-2H3,(H,23,29)(H,24,28)(H,30,31)/t12-/m1/s1. The molecule has 2 aromatic carbocycles. The number of amides is 2. The third-order valence-corrected chi connectivity index (χ3v) is 5.80. The third kappa shape index (κ3) is 5.65. The Bertz CT molecular complexity index is 1170. The first-order chi connectivity index (χ1) is 15.3. The van der Waals surface area contributed by atoms with E-state index in [-0.39, 0.29) is 23.1 Å². The molecule has 1 atom stereocenters. The summed E-state index contributed by atoms with van der Waals surface area (Å²) < 4.78 is 1.69. The normalized spacial score (nSPS) is 11.6. The first-order valence-corrected chi connectivity index (χ1v) is 10.8. The van der Waals surface area contributed by atoms with E-state index in [2.05, 4.69) is 20.8 Å². The van der Waals surface area contributed by atoms with Crippen LogP contribution in [-0.4, -0.2) is 43.4 Å². The molecule has 0 unspecified atom stereocenters. The van der Waals surface area contributed by atoms with Crippen molar-refractivity contribution in [2.24, 2.45) is 7.05 Å². The van der Waals surface area contributed by atoms with E-state index in [4.69, 9.17) is 16.7 Å². The second-order valence-electron chi connectivity index (χ2n) is 6.80. The molecule has 0 aliphatic rings. The maximum Gasteiger partial charge on any atom is 0.335 e. The van der Waals surface area contributed by atoms with Gasteiger partial charge in [0.2, 0.25) is 5.91 Å². The highest BCUT2D eigenvalue weighted by atomic mass is 35.5. The predicted molar refractivity (Wildman–Crippen MR) is 121 cm³/mol. The molecular weight excluding hydrogens is 454 g/mol. The molecular formula is C21H20ClN5O4S. The van der Waals surface area contributed by atoms with Gasteiger partial charge in [-0.05, 0) is 37.3 Å². The first-order valence-electron chi connectivity index (χ1n) is 9.47. The lowest BCUT2D eigenvalue weighted by molar-refractivity contribution is -0.113. The van der Waals surface area contributed by atoms with Gasteiger partial charge in [0.05, 0.1) is 27.9 Å². The van der Waals surface area contributed by atoms with Gasteiger partial charge >= 0.3 is 5.97 Å². The Kier molecular flexibility index (Phi) is 7.49. The van der Waals surface area contributed by atoms with E-state index in [1.165, 1.54) is 23.9 Å². The van der Waals surface area contributed by atoms with Crippen molar-refractivity contribution in [2.45, 2.75) is 18.1 Å². The van der Waals surface area contributed by atoms with Crippen LogP contribution < -0.4 is 10.6 Å². The highest BCUT2D eigenvalue weighted by Gasteiger charge is 2.20. The van der Waals surface area contributed by atoms with Crippen LogP contribution in [0.5, 0.6) is 0 Å². The summed E-state index contributed by atoms with van der Waals surface area (Å²) in [7, 11) is 1.74. The lowest BCUT2D eigenvalue weighted by Crippen LogP contribution is -2.28. The molecule has 0 aliphatic carbocycles. The highest BCUT2D eigenvalue weighted by molar-refractivity contribution is 7.99. The van der Waals surface area contributed by atoms with E-state index in [1.807, 2.05) is 0 Å². The lowest BCUT2D eigenvalue weighted by Gasteiger charge is -2.14. The number of carboxylic acid groups (broad SMARTS) is 1. The minimum absolute atomic E-state index is 0.0453. The van der Waals surface area contributed by atoms with Gasteiger partial charge in [0.1, 0.15) is 0 Å². The summed E-state index contributed by atoms with van der Waals surface area (Å²) in [4.78, 5) is 35.8. The predicted octanol–water partition coefficient (Wildman–Crippen LogP) is 3.39. The minimum atomic E-state index is -1.07.